The average Bonchev–Trinajstić information content (AvgIpc) is 2.99. The van der Waals surface area contributed by atoms with E-state index in [0.717, 1.165) is 12.8 Å². The highest BCUT2D eigenvalue weighted by Crippen LogP contribution is 2.23. The molecule has 19 heavy (non-hydrogen) atoms. The molecule has 0 aliphatic heterocycles. The Balaban J connectivity index is 1.54. The third-order valence-electron chi connectivity index (χ3n) is 3.28. The van der Waals surface area contributed by atoms with Crippen LogP contribution in [0.25, 0.3) is 0 Å². The highest BCUT2D eigenvalue weighted by molar-refractivity contribution is 7.09. The molecule has 0 amide bonds. The van der Waals surface area contributed by atoms with Crippen molar-refractivity contribution >= 4 is 11.3 Å². The predicted molar refractivity (Wildman–Crippen MR) is 71.9 cm³/mol. The number of nitrogens with two attached hydrogens (primary N) is 1. The minimum Gasteiger partial charge on any atom is -0.376 e. The standard InChI is InChI=1S/C13H17N3O2S/c14-11(8-17-9-3-1-4-9)13-15-12(18-16-13)7-10-5-2-6-19-10/h2,5-6,9,11H,1,3-4,7-8,14H2. The summed E-state index contributed by atoms with van der Waals surface area (Å²) >= 11 is 1.68. The fraction of sp³-hybridized carbons (Fsp3) is 0.538. The van der Waals surface area contributed by atoms with Gasteiger partial charge in [-0.05, 0) is 30.7 Å². The monoisotopic (exact) mass is 279 g/mol. The van der Waals surface area contributed by atoms with Crippen LogP contribution >= 0.6 is 11.3 Å². The van der Waals surface area contributed by atoms with Crippen LogP contribution in [0, 0.1) is 0 Å². The van der Waals surface area contributed by atoms with E-state index in [1.165, 1.54) is 11.3 Å². The number of thiophene rings is 1. The third kappa shape index (κ3) is 3.20. The fourth-order valence-corrected chi connectivity index (χ4v) is 2.60. The largest absolute Gasteiger partial charge is 0.376 e. The van der Waals surface area contributed by atoms with E-state index in [4.69, 9.17) is 15.0 Å². The van der Waals surface area contributed by atoms with Gasteiger partial charge in [0, 0.05) is 4.88 Å². The van der Waals surface area contributed by atoms with Gasteiger partial charge in [0.1, 0.15) is 0 Å². The van der Waals surface area contributed by atoms with E-state index in [-0.39, 0.29) is 6.04 Å². The van der Waals surface area contributed by atoms with Crippen LogP contribution in [0.4, 0.5) is 0 Å². The second kappa shape index (κ2) is 5.81. The summed E-state index contributed by atoms with van der Waals surface area (Å²) in [5.74, 6) is 1.14. The Labute approximate surface area is 115 Å². The molecule has 1 saturated carbocycles. The molecule has 102 valence electrons. The van der Waals surface area contributed by atoms with Crippen molar-refractivity contribution in [3.05, 3.63) is 34.1 Å². The molecule has 5 nitrogen and oxygen atoms in total. The average molecular weight is 279 g/mol. The molecule has 1 aliphatic carbocycles. The zero-order valence-corrected chi connectivity index (χ0v) is 11.4. The Hall–Kier alpha value is -1.24. The van der Waals surface area contributed by atoms with Crippen molar-refractivity contribution in [2.75, 3.05) is 6.61 Å². The van der Waals surface area contributed by atoms with Gasteiger partial charge in [-0.25, -0.2) is 0 Å². The lowest BCUT2D eigenvalue weighted by Gasteiger charge is -2.26. The summed E-state index contributed by atoms with van der Waals surface area (Å²) in [6.45, 7) is 0.461. The zero-order chi connectivity index (χ0) is 13.1. The van der Waals surface area contributed by atoms with Gasteiger partial charge in [0.05, 0.1) is 25.2 Å². The quantitative estimate of drug-likeness (QED) is 0.878. The number of ether oxygens (including phenoxy) is 1. The topological polar surface area (TPSA) is 74.2 Å². The Morgan fingerprint density at radius 3 is 3.11 bits per heavy atom. The Morgan fingerprint density at radius 2 is 2.42 bits per heavy atom. The van der Waals surface area contributed by atoms with E-state index < -0.39 is 0 Å². The van der Waals surface area contributed by atoms with Gasteiger partial charge >= 0.3 is 0 Å². The number of hydrogen-bond acceptors (Lipinski definition) is 6. The minimum atomic E-state index is -0.304. The number of hydrogen-bond donors (Lipinski definition) is 1. The maximum absolute atomic E-state index is 6.00. The maximum Gasteiger partial charge on any atom is 0.231 e. The van der Waals surface area contributed by atoms with E-state index in [1.54, 1.807) is 11.3 Å². The maximum atomic E-state index is 6.00. The van der Waals surface area contributed by atoms with Crippen molar-refractivity contribution in [2.45, 2.75) is 37.8 Å². The second-order valence-electron chi connectivity index (χ2n) is 4.80. The van der Waals surface area contributed by atoms with Gasteiger partial charge in [0.15, 0.2) is 5.82 Å². The fourth-order valence-electron chi connectivity index (χ4n) is 1.90. The van der Waals surface area contributed by atoms with Crippen molar-refractivity contribution in [2.24, 2.45) is 5.73 Å². The molecule has 1 unspecified atom stereocenters. The molecule has 0 aromatic carbocycles. The van der Waals surface area contributed by atoms with Crippen LogP contribution in [0.3, 0.4) is 0 Å². The summed E-state index contributed by atoms with van der Waals surface area (Å²) in [7, 11) is 0. The zero-order valence-electron chi connectivity index (χ0n) is 10.6. The molecule has 1 atom stereocenters. The van der Waals surface area contributed by atoms with Gasteiger partial charge in [-0.15, -0.1) is 11.3 Å². The first kappa shape index (κ1) is 12.8. The van der Waals surface area contributed by atoms with Gasteiger partial charge in [0.2, 0.25) is 5.89 Å². The first-order chi connectivity index (χ1) is 9.31. The predicted octanol–water partition coefficient (Wildman–Crippen LogP) is 2.29. The van der Waals surface area contributed by atoms with Crippen molar-refractivity contribution in [1.29, 1.82) is 0 Å². The molecule has 0 radical (unpaired) electrons. The normalized spacial score (nSPS) is 17.3. The summed E-state index contributed by atoms with van der Waals surface area (Å²) in [5, 5.41) is 5.96. The van der Waals surface area contributed by atoms with Gasteiger partial charge in [-0.3, -0.25) is 0 Å². The van der Waals surface area contributed by atoms with E-state index in [9.17, 15) is 0 Å². The van der Waals surface area contributed by atoms with Gasteiger partial charge < -0.3 is 15.0 Å². The molecule has 6 heteroatoms. The molecule has 2 heterocycles. The van der Waals surface area contributed by atoms with E-state index in [1.807, 2.05) is 17.5 Å². The lowest BCUT2D eigenvalue weighted by atomic mass is 9.96. The van der Waals surface area contributed by atoms with Crippen molar-refractivity contribution in [3.63, 3.8) is 0 Å². The lowest BCUT2D eigenvalue weighted by Crippen LogP contribution is -2.27. The number of aromatic nitrogens is 2. The summed E-state index contributed by atoms with van der Waals surface area (Å²) in [4.78, 5) is 5.53. The van der Waals surface area contributed by atoms with Gasteiger partial charge in [0.25, 0.3) is 0 Å². The smallest absolute Gasteiger partial charge is 0.231 e. The molecule has 1 fully saturated rings. The molecule has 0 saturated heterocycles. The number of nitrogens with zero attached hydrogens (tertiary/aromatic N) is 2. The molecule has 1 aliphatic rings. The third-order valence-corrected chi connectivity index (χ3v) is 4.16. The summed E-state index contributed by atoms with van der Waals surface area (Å²) < 4.78 is 10.9. The highest BCUT2D eigenvalue weighted by atomic mass is 32.1. The molecule has 2 aromatic heterocycles. The lowest BCUT2D eigenvalue weighted by molar-refractivity contribution is -0.00549. The second-order valence-corrected chi connectivity index (χ2v) is 5.83. The first-order valence-corrected chi connectivity index (χ1v) is 7.41. The van der Waals surface area contributed by atoms with E-state index in [0.29, 0.717) is 30.8 Å². The Kier molecular flexibility index (Phi) is 3.91. The highest BCUT2D eigenvalue weighted by Gasteiger charge is 2.21. The molecular formula is C13H17N3O2S. The Bertz CT molecular complexity index is 508. The summed E-state index contributed by atoms with van der Waals surface area (Å²) in [5.41, 5.74) is 6.00. The van der Waals surface area contributed by atoms with Crippen LogP contribution in [0.15, 0.2) is 22.0 Å². The summed E-state index contributed by atoms with van der Waals surface area (Å²) in [6, 6.07) is 3.75. The summed E-state index contributed by atoms with van der Waals surface area (Å²) in [6.07, 6.45) is 4.59. The van der Waals surface area contributed by atoms with Crippen LogP contribution < -0.4 is 5.73 Å². The van der Waals surface area contributed by atoms with Crippen LogP contribution in [-0.2, 0) is 11.2 Å². The van der Waals surface area contributed by atoms with Gasteiger partial charge in [-0.2, -0.15) is 4.98 Å². The molecule has 2 N–H and O–H groups in total. The minimum absolute atomic E-state index is 0.304. The van der Waals surface area contributed by atoms with E-state index >= 15 is 0 Å². The molecule has 2 aromatic rings. The number of rotatable bonds is 6. The molecule has 0 spiro atoms. The van der Waals surface area contributed by atoms with Crippen LogP contribution in [-0.4, -0.2) is 22.9 Å². The Morgan fingerprint density at radius 1 is 1.53 bits per heavy atom. The van der Waals surface area contributed by atoms with Gasteiger partial charge in [-0.1, -0.05) is 11.2 Å². The molecule has 3 rings (SSSR count). The van der Waals surface area contributed by atoms with Crippen LogP contribution in [0.1, 0.15) is 41.9 Å². The SMILES string of the molecule is NC(COC1CCC1)c1noc(Cc2cccs2)n1. The van der Waals surface area contributed by atoms with Crippen LogP contribution in [0.2, 0.25) is 0 Å². The van der Waals surface area contributed by atoms with Crippen molar-refractivity contribution < 1.29 is 9.26 Å². The van der Waals surface area contributed by atoms with E-state index in [2.05, 4.69) is 10.1 Å². The van der Waals surface area contributed by atoms with Crippen molar-refractivity contribution in [3.8, 4) is 0 Å². The van der Waals surface area contributed by atoms with Crippen molar-refractivity contribution in [1.82, 2.24) is 10.1 Å². The first-order valence-electron chi connectivity index (χ1n) is 6.53. The van der Waals surface area contributed by atoms with Crippen LogP contribution in [0.5, 0.6) is 0 Å². The molecule has 0 bridgehead atoms. The molecular weight excluding hydrogens is 262 g/mol.